The maximum Gasteiger partial charge on any atom is 0.243 e. The number of imidazole rings is 1. The zero-order valence-corrected chi connectivity index (χ0v) is 17.8. The summed E-state index contributed by atoms with van der Waals surface area (Å²) < 4.78 is 0. The molecule has 11 nitrogen and oxygen atoms in total. The molecule has 3 atom stereocenters. The number of H-pyrrole nitrogens is 2. The number of fused-ring (bicyclic) bond motifs is 1. The van der Waals surface area contributed by atoms with Crippen LogP contribution >= 0.6 is 0 Å². The zero-order valence-electron chi connectivity index (χ0n) is 17.8. The van der Waals surface area contributed by atoms with Crippen molar-refractivity contribution in [2.75, 3.05) is 0 Å². The second-order valence-electron chi connectivity index (χ2n) is 8.03. The van der Waals surface area contributed by atoms with Gasteiger partial charge in [-0.15, -0.1) is 0 Å². The summed E-state index contributed by atoms with van der Waals surface area (Å²) in [4.78, 5) is 59.3. The summed E-state index contributed by atoms with van der Waals surface area (Å²) in [6, 6.07) is 4.92. The van der Waals surface area contributed by atoms with Gasteiger partial charge in [-0.05, 0) is 18.1 Å². The molecule has 172 valence electrons. The van der Waals surface area contributed by atoms with Gasteiger partial charge in [0.25, 0.3) is 0 Å². The van der Waals surface area contributed by atoms with Gasteiger partial charge in [-0.25, -0.2) is 4.98 Å². The smallest absolute Gasteiger partial charge is 0.243 e. The summed E-state index contributed by atoms with van der Waals surface area (Å²) in [7, 11) is 0. The van der Waals surface area contributed by atoms with Gasteiger partial charge >= 0.3 is 0 Å². The minimum absolute atomic E-state index is 0.122. The fourth-order valence-electron chi connectivity index (χ4n) is 3.92. The van der Waals surface area contributed by atoms with Crippen molar-refractivity contribution >= 4 is 34.5 Å². The first-order chi connectivity index (χ1) is 15.9. The van der Waals surface area contributed by atoms with Gasteiger partial charge in [-0.2, -0.15) is 0 Å². The van der Waals surface area contributed by atoms with Crippen molar-refractivity contribution in [1.82, 2.24) is 30.9 Å². The number of para-hydroxylation sites is 1. The number of hydrogen-bond acceptors (Lipinski definition) is 5. The number of primary amides is 1. The van der Waals surface area contributed by atoms with Crippen LogP contribution in [0.2, 0.25) is 0 Å². The van der Waals surface area contributed by atoms with Gasteiger partial charge in [0.15, 0.2) is 0 Å². The van der Waals surface area contributed by atoms with Crippen LogP contribution in [0.3, 0.4) is 0 Å². The quantitative estimate of drug-likeness (QED) is 0.254. The van der Waals surface area contributed by atoms with E-state index in [0.29, 0.717) is 12.1 Å². The second kappa shape index (κ2) is 9.55. The number of carbonyl (C=O) groups is 4. The lowest BCUT2D eigenvalue weighted by atomic mass is 10.0. The molecule has 4 rings (SSSR count). The summed E-state index contributed by atoms with van der Waals surface area (Å²) >= 11 is 0. The van der Waals surface area contributed by atoms with Crippen molar-refractivity contribution in [3.05, 3.63) is 54.2 Å². The number of hydrogen-bond donors (Lipinski definition) is 6. The number of rotatable bonds is 9. The Morgan fingerprint density at radius 3 is 2.64 bits per heavy atom. The molecule has 2 aromatic heterocycles. The first-order valence-corrected chi connectivity index (χ1v) is 10.6. The van der Waals surface area contributed by atoms with Crippen LogP contribution in [0.25, 0.3) is 10.9 Å². The normalized spacial score (nSPS) is 17.3. The second-order valence-corrected chi connectivity index (χ2v) is 8.03. The number of benzene rings is 1. The zero-order chi connectivity index (χ0) is 23.4. The highest BCUT2D eigenvalue weighted by atomic mass is 16.2. The molecule has 1 aliphatic heterocycles. The highest BCUT2D eigenvalue weighted by Crippen LogP contribution is 2.19. The Balaban J connectivity index is 1.49. The van der Waals surface area contributed by atoms with Gasteiger partial charge in [-0.1, -0.05) is 18.2 Å². The van der Waals surface area contributed by atoms with Crippen LogP contribution in [0.15, 0.2) is 43.0 Å². The molecule has 1 aromatic carbocycles. The van der Waals surface area contributed by atoms with Crippen LogP contribution in [0, 0.1) is 0 Å². The van der Waals surface area contributed by atoms with E-state index in [1.54, 1.807) is 12.4 Å². The molecule has 1 fully saturated rings. The Hall–Kier alpha value is -4.15. The van der Waals surface area contributed by atoms with E-state index < -0.39 is 35.8 Å². The van der Waals surface area contributed by atoms with Gasteiger partial charge < -0.3 is 31.7 Å². The Bertz CT molecular complexity index is 1170. The number of aromatic nitrogens is 3. The van der Waals surface area contributed by atoms with E-state index in [0.717, 1.165) is 16.5 Å². The van der Waals surface area contributed by atoms with E-state index >= 15 is 0 Å². The predicted octanol–water partition coefficient (Wildman–Crippen LogP) is -0.590. The van der Waals surface area contributed by atoms with Crippen molar-refractivity contribution < 1.29 is 19.2 Å². The molecule has 0 radical (unpaired) electrons. The molecule has 0 unspecified atom stereocenters. The molecule has 4 amide bonds. The van der Waals surface area contributed by atoms with Gasteiger partial charge in [-0.3, -0.25) is 19.2 Å². The molecule has 1 aliphatic rings. The maximum absolute atomic E-state index is 13.1. The van der Waals surface area contributed by atoms with Gasteiger partial charge in [0.2, 0.25) is 23.6 Å². The Morgan fingerprint density at radius 2 is 1.94 bits per heavy atom. The Labute approximate surface area is 188 Å². The third kappa shape index (κ3) is 5.20. The number of aromatic amines is 2. The largest absolute Gasteiger partial charge is 0.368 e. The van der Waals surface area contributed by atoms with Crippen molar-refractivity contribution in [2.45, 2.75) is 43.8 Å². The topological polar surface area (TPSA) is 175 Å². The number of nitrogens with zero attached hydrogens (tertiary/aromatic N) is 1. The lowest BCUT2D eigenvalue weighted by Gasteiger charge is -2.23. The molecule has 0 spiro atoms. The average molecular weight is 451 g/mol. The van der Waals surface area contributed by atoms with E-state index in [1.807, 2.05) is 24.3 Å². The maximum atomic E-state index is 13.1. The van der Waals surface area contributed by atoms with Gasteiger partial charge in [0, 0.05) is 48.3 Å². The van der Waals surface area contributed by atoms with Crippen LogP contribution < -0.4 is 21.7 Å². The predicted molar refractivity (Wildman–Crippen MR) is 119 cm³/mol. The number of carbonyl (C=O) groups excluding carboxylic acids is 4. The van der Waals surface area contributed by atoms with Crippen LogP contribution in [0.5, 0.6) is 0 Å². The lowest BCUT2D eigenvalue weighted by molar-refractivity contribution is -0.132. The van der Waals surface area contributed by atoms with Crippen LogP contribution in [-0.4, -0.2) is 56.7 Å². The highest BCUT2D eigenvalue weighted by Gasteiger charge is 2.32. The molecule has 1 saturated heterocycles. The van der Waals surface area contributed by atoms with E-state index in [4.69, 9.17) is 5.73 Å². The highest BCUT2D eigenvalue weighted by molar-refractivity contribution is 5.95. The van der Waals surface area contributed by atoms with E-state index in [1.165, 1.54) is 6.33 Å². The van der Waals surface area contributed by atoms with E-state index in [9.17, 15) is 19.2 Å². The summed E-state index contributed by atoms with van der Waals surface area (Å²) in [5, 5.41) is 8.86. The molecule has 33 heavy (non-hydrogen) atoms. The SMILES string of the molecule is NC(=O)[C@H](Cc1c[nH]c2ccccc12)NC(=O)[C@H](Cc1cnc[nH]1)NC(=O)[C@@H]1CCC(=O)N1. The van der Waals surface area contributed by atoms with E-state index in [-0.39, 0.29) is 25.2 Å². The van der Waals surface area contributed by atoms with Crippen LogP contribution in [0.4, 0.5) is 0 Å². The fourth-order valence-corrected chi connectivity index (χ4v) is 3.92. The van der Waals surface area contributed by atoms with Crippen molar-refractivity contribution in [3.63, 3.8) is 0 Å². The first kappa shape index (κ1) is 22.1. The molecular formula is C22H25N7O4. The van der Waals surface area contributed by atoms with E-state index in [2.05, 4.69) is 30.9 Å². The molecule has 0 saturated carbocycles. The van der Waals surface area contributed by atoms with Crippen LogP contribution in [0.1, 0.15) is 24.1 Å². The minimum Gasteiger partial charge on any atom is -0.368 e. The third-order valence-electron chi connectivity index (χ3n) is 5.68. The first-order valence-electron chi connectivity index (χ1n) is 10.6. The third-order valence-corrected chi connectivity index (χ3v) is 5.68. The number of nitrogens with one attached hydrogen (secondary N) is 5. The molecule has 0 bridgehead atoms. The molecule has 11 heteroatoms. The molecule has 3 aromatic rings. The Kier molecular flexibility index (Phi) is 6.38. The summed E-state index contributed by atoms with van der Waals surface area (Å²) in [6.07, 6.45) is 5.70. The van der Waals surface area contributed by atoms with Gasteiger partial charge in [0.05, 0.1) is 6.33 Å². The number of nitrogens with two attached hydrogens (primary N) is 1. The summed E-state index contributed by atoms with van der Waals surface area (Å²) in [6.45, 7) is 0. The molecular weight excluding hydrogens is 426 g/mol. The van der Waals surface area contributed by atoms with Gasteiger partial charge in [0.1, 0.15) is 18.1 Å². The van der Waals surface area contributed by atoms with Crippen molar-refractivity contribution in [1.29, 1.82) is 0 Å². The molecule has 0 aliphatic carbocycles. The standard InChI is InChI=1S/C22H25N7O4/c23-20(31)17(7-12-9-25-15-4-2-1-3-14(12)15)28-22(33)18(8-13-10-24-11-26-13)29-21(32)16-5-6-19(30)27-16/h1-4,9-11,16-18,25H,5-8H2,(H2,23,31)(H,24,26)(H,27,30)(H,28,33)(H,29,32)/t16-,17-,18-/m0/s1. The van der Waals surface area contributed by atoms with Crippen molar-refractivity contribution in [2.24, 2.45) is 5.73 Å². The molecule has 7 N–H and O–H groups in total. The Morgan fingerprint density at radius 1 is 1.12 bits per heavy atom. The lowest BCUT2D eigenvalue weighted by Crippen LogP contribution is -2.56. The minimum atomic E-state index is -1.000. The van der Waals surface area contributed by atoms with Crippen molar-refractivity contribution in [3.8, 4) is 0 Å². The summed E-state index contributed by atoms with van der Waals surface area (Å²) in [5.41, 5.74) is 7.94. The van der Waals surface area contributed by atoms with Crippen LogP contribution in [-0.2, 0) is 32.0 Å². The fraction of sp³-hybridized carbons (Fsp3) is 0.318. The number of amides is 4. The monoisotopic (exact) mass is 451 g/mol. The molecule has 3 heterocycles. The summed E-state index contributed by atoms with van der Waals surface area (Å²) in [5.74, 6) is -1.93. The average Bonchev–Trinajstić information content (AvgIpc) is 3.54.